The lowest BCUT2D eigenvalue weighted by molar-refractivity contribution is 0.771. The van der Waals surface area contributed by atoms with E-state index in [4.69, 9.17) is 0 Å². The molecule has 0 fully saturated rings. The van der Waals surface area contributed by atoms with E-state index < -0.39 is 0 Å². The number of fused-ring (bicyclic) bond motifs is 1. The van der Waals surface area contributed by atoms with E-state index in [1.54, 1.807) is 19.2 Å². The molecule has 0 saturated carbocycles. The molecule has 3 rings (SSSR count). The third kappa shape index (κ3) is 2.78. The molecule has 21 heavy (non-hydrogen) atoms. The molecule has 0 aliphatic heterocycles. The van der Waals surface area contributed by atoms with Gasteiger partial charge >= 0.3 is 0 Å². The second-order valence-corrected chi connectivity index (χ2v) is 5.51. The molecule has 0 atom stereocenters. The smallest absolute Gasteiger partial charge is 0.267 e. The van der Waals surface area contributed by atoms with E-state index in [-0.39, 0.29) is 5.56 Å². The molecule has 0 bridgehead atoms. The van der Waals surface area contributed by atoms with Crippen LogP contribution in [0.5, 0.6) is 0 Å². The van der Waals surface area contributed by atoms with Gasteiger partial charge in [0.2, 0.25) is 0 Å². The Kier molecular flexibility index (Phi) is 3.66. The molecule has 1 heterocycles. The zero-order chi connectivity index (χ0) is 14.8. The first kappa shape index (κ1) is 13.7. The number of halogens is 1. The lowest BCUT2D eigenvalue weighted by Gasteiger charge is -2.05. The fraction of sp³-hybridized carbons (Fsp3) is 0.0625. The SMILES string of the molecule is Cc1nc2ccccc2c(=O)n1N=Cc1cccc(Br)c1. The van der Waals surface area contributed by atoms with E-state index in [1.807, 2.05) is 42.5 Å². The molecular formula is C16H12BrN3O. The number of aryl methyl sites for hydroxylation is 1. The van der Waals surface area contributed by atoms with Gasteiger partial charge in [-0.1, -0.05) is 40.2 Å². The van der Waals surface area contributed by atoms with Crippen molar-refractivity contribution < 1.29 is 0 Å². The van der Waals surface area contributed by atoms with Crippen molar-refractivity contribution in [2.45, 2.75) is 6.92 Å². The molecule has 0 saturated heterocycles. The van der Waals surface area contributed by atoms with Gasteiger partial charge in [-0.3, -0.25) is 4.79 Å². The number of benzene rings is 2. The van der Waals surface area contributed by atoms with Crippen molar-refractivity contribution in [1.29, 1.82) is 0 Å². The van der Waals surface area contributed by atoms with Crippen molar-refractivity contribution in [1.82, 2.24) is 9.66 Å². The van der Waals surface area contributed by atoms with Crippen LogP contribution in [-0.4, -0.2) is 15.9 Å². The van der Waals surface area contributed by atoms with Gasteiger partial charge in [0.25, 0.3) is 5.56 Å². The van der Waals surface area contributed by atoms with Crippen LogP contribution in [0.3, 0.4) is 0 Å². The van der Waals surface area contributed by atoms with E-state index >= 15 is 0 Å². The van der Waals surface area contributed by atoms with Crippen LogP contribution in [0, 0.1) is 6.92 Å². The van der Waals surface area contributed by atoms with Gasteiger partial charge in [-0.15, -0.1) is 0 Å². The second kappa shape index (κ2) is 5.61. The summed E-state index contributed by atoms with van der Waals surface area (Å²) in [7, 11) is 0. The van der Waals surface area contributed by atoms with Crippen LogP contribution in [0.15, 0.2) is 62.9 Å². The summed E-state index contributed by atoms with van der Waals surface area (Å²) in [5, 5.41) is 4.83. The van der Waals surface area contributed by atoms with Gasteiger partial charge in [-0.05, 0) is 36.8 Å². The molecule has 0 spiro atoms. The fourth-order valence-corrected chi connectivity index (χ4v) is 2.50. The average molecular weight is 342 g/mol. The molecular weight excluding hydrogens is 330 g/mol. The van der Waals surface area contributed by atoms with Crippen LogP contribution in [-0.2, 0) is 0 Å². The summed E-state index contributed by atoms with van der Waals surface area (Å²) in [5.74, 6) is 0.560. The zero-order valence-electron chi connectivity index (χ0n) is 11.3. The molecule has 0 radical (unpaired) electrons. The first-order valence-electron chi connectivity index (χ1n) is 6.43. The molecule has 0 aliphatic carbocycles. The van der Waals surface area contributed by atoms with Crippen LogP contribution in [0.4, 0.5) is 0 Å². The highest BCUT2D eigenvalue weighted by Crippen LogP contribution is 2.10. The summed E-state index contributed by atoms with van der Waals surface area (Å²) in [6.45, 7) is 1.77. The molecule has 0 N–H and O–H groups in total. The van der Waals surface area contributed by atoms with Crippen molar-refractivity contribution in [2.75, 3.05) is 0 Å². The van der Waals surface area contributed by atoms with Crippen LogP contribution < -0.4 is 5.56 Å². The quantitative estimate of drug-likeness (QED) is 0.671. The van der Waals surface area contributed by atoms with Crippen molar-refractivity contribution >= 4 is 33.0 Å². The van der Waals surface area contributed by atoms with E-state index in [1.165, 1.54) is 4.68 Å². The monoisotopic (exact) mass is 341 g/mol. The number of rotatable bonds is 2. The average Bonchev–Trinajstić information content (AvgIpc) is 2.47. The second-order valence-electron chi connectivity index (χ2n) is 4.59. The van der Waals surface area contributed by atoms with Crippen LogP contribution >= 0.6 is 15.9 Å². The molecule has 1 aromatic heterocycles. The molecule has 104 valence electrons. The van der Waals surface area contributed by atoms with Crippen molar-refractivity contribution in [3.63, 3.8) is 0 Å². The summed E-state index contributed by atoms with van der Waals surface area (Å²) in [6.07, 6.45) is 1.65. The highest BCUT2D eigenvalue weighted by atomic mass is 79.9. The van der Waals surface area contributed by atoms with Gasteiger partial charge in [-0.25, -0.2) is 4.98 Å². The maximum Gasteiger partial charge on any atom is 0.282 e. The van der Waals surface area contributed by atoms with Crippen LogP contribution in [0.1, 0.15) is 11.4 Å². The van der Waals surface area contributed by atoms with Crippen LogP contribution in [0.2, 0.25) is 0 Å². The van der Waals surface area contributed by atoms with E-state index in [2.05, 4.69) is 26.0 Å². The van der Waals surface area contributed by atoms with Crippen molar-refractivity contribution in [2.24, 2.45) is 5.10 Å². The molecule has 4 nitrogen and oxygen atoms in total. The Morgan fingerprint density at radius 3 is 2.81 bits per heavy atom. The minimum absolute atomic E-state index is 0.163. The highest BCUT2D eigenvalue weighted by Gasteiger charge is 2.06. The normalized spacial score (nSPS) is 11.3. The standard InChI is InChI=1S/C16H12BrN3O/c1-11-19-15-8-3-2-7-14(15)16(21)20(11)18-10-12-5-4-6-13(17)9-12/h2-10H,1H3. The number of para-hydroxylation sites is 1. The lowest BCUT2D eigenvalue weighted by atomic mass is 10.2. The topological polar surface area (TPSA) is 47.2 Å². The number of nitrogens with zero attached hydrogens (tertiary/aromatic N) is 3. The summed E-state index contributed by atoms with van der Waals surface area (Å²) in [4.78, 5) is 16.8. The first-order valence-corrected chi connectivity index (χ1v) is 7.23. The molecule has 0 unspecified atom stereocenters. The van der Waals surface area contributed by atoms with Gasteiger partial charge in [-0.2, -0.15) is 9.78 Å². The van der Waals surface area contributed by atoms with Gasteiger partial charge in [0.15, 0.2) is 0 Å². The van der Waals surface area contributed by atoms with Crippen molar-refractivity contribution in [3.05, 3.63) is 74.7 Å². The number of hydrogen-bond acceptors (Lipinski definition) is 3. The number of hydrogen-bond donors (Lipinski definition) is 0. The van der Waals surface area contributed by atoms with E-state index in [0.29, 0.717) is 16.7 Å². The minimum Gasteiger partial charge on any atom is -0.267 e. The van der Waals surface area contributed by atoms with Crippen LogP contribution in [0.25, 0.3) is 10.9 Å². The molecule has 0 aliphatic rings. The zero-order valence-corrected chi connectivity index (χ0v) is 12.9. The van der Waals surface area contributed by atoms with Crippen molar-refractivity contribution in [3.8, 4) is 0 Å². The predicted molar refractivity (Wildman–Crippen MR) is 87.9 cm³/mol. The van der Waals surface area contributed by atoms with Gasteiger partial charge < -0.3 is 0 Å². The summed E-state index contributed by atoms with van der Waals surface area (Å²) in [6, 6.07) is 15.0. The summed E-state index contributed by atoms with van der Waals surface area (Å²) in [5.41, 5.74) is 1.43. The Morgan fingerprint density at radius 2 is 2.00 bits per heavy atom. The van der Waals surface area contributed by atoms with E-state index in [0.717, 1.165) is 10.0 Å². The Bertz CT molecular complexity index is 899. The van der Waals surface area contributed by atoms with E-state index in [9.17, 15) is 4.79 Å². The molecule has 0 amide bonds. The lowest BCUT2D eigenvalue weighted by Crippen LogP contribution is -2.20. The third-order valence-electron chi connectivity index (χ3n) is 3.09. The van der Waals surface area contributed by atoms with Gasteiger partial charge in [0, 0.05) is 4.47 Å². The maximum absolute atomic E-state index is 12.4. The van der Waals surface area contributed by atoms with Gasteiger partial charge in [0.1, 0.15) is 5.82 Å². The third-order valence-corrected chi connectivity index (χ3v) is 3.58. The predicted octanol–water partition coefficient (Wildman–Crippen LogP) is 3.35. The van der Waals surface area contributed by atoms with Gasteiger partial charge in [0.05, 0.1) is 17.1 Å². The Morgan fingerprint density at radius 1 is 1.19 bits per heavy atom. The minimum atomic E-state index is -0.163. The highest BCUT2D eigenvalue weighted by molar-refractivity contribution is 9.10. The first-order chi connectivity index (χ1) is 10.1. The Hall–Kier alpha value is -2.27. The number of aromatic nitrogens is 2. The molecule has 3 aromatic rings. The fourth-order valence-electron chi connectivity index (χ4n) is 2.08. The largest absolute Gasteiger partial charge is 0.282 e. The molecule has 5 heteroatoms. The summed E-state index contributed by atoms with van der Waals surface area (Å²) >= 11 is 3.41. The Labute approximate surface area is 129 Å². The Balaban J connectivity index is 2.11. The molecule has 2 aromatic carbocycles. The maximum atomic E-state index is 12.4. The summed E-state index contributed by atoms with van der Waals surface area (Å²) < 4.78 is 2.29.